The maximum atomic E-state index is 14.6. The molecule has 1 aliphatic rings. The number of carbonyl (C=O) groups is 1. The third-order valence-corrected chi connectivity index (χ3v) is 6.98. The first kappa shape index (κ1) is 19.5. The van der Waals surface area contributed by atoms with Gasteiger partial charge in [-0.05, 0) is 48.0 Å². The van der Waals surface area contributed by atoms with Crippen LogP contribution < -0.4 is 10.0 Å². The molecule has 0 radical (unpaired) electrons. The fraction of sp³-hybridized carbons (Fsp3) is 0.158. The number of hydrogen-bond acceptors (Lipinski definition) is 5. The number of sulfonamides is 1. The molecule has 29 heavy (non-hydrogen) atoms. The molecule has 0 spiro atoms. The summed E-state index contributed by atoms with van der Waals surface area (Å²) in [5.41, 5.74) is 1.22. The Bertz CT molecular complexity index is 1210. The molecule has 10 heteroatoms. The topological polar surface area (TPSA) is 93.1 Å². The number of rotatable bonds is 5. The van der Waals surface area contributed by atoms with Gasteiger partial charge < -0.3 is 9.88 Å². The van der Waals surface area contributed by atoms with Gasteiger partial charge >= 0.3 is 0 Å². The number of fused-ring (bicyclic) bond motifs is 1. The number of para-hydroxylation sites is 1. The first-order chi connectivity index (χ1) is 13.8. The van der Waals surface area contributed by atoms with E-state index in [1.54, 1.807) is 36.7 Å². The van der Waals surface area contributed by atoms with Crippen LogP contribution in [0.25, 0.3) is 0 Å². The number of halogens is 1. The number of benzene rings is 2. The largest absolute Gasteiger partial charge is 0.329 e. The molecule has 1 amide bonds. The van der Waals surface area contributed by atoms with E-state index in [1.807, 2.05) is 11.6 Å². The minimum absolute atomic E-state index is 0.217. The standard InChI is InChI=1S/C19H17FN4O3S2/c1-24-9-8-21-19(24)28-16-5-3-2-4-14(16)23-29(26,27)17-10-12-6-7-18(25)22-15(12)11-13(17)20/h2-5,8-11,23H,6-7H2,1H3,(H,22,25). The zero-order valence-electron chi connectivity index (χ0n) is 15.3. The maximum absolute atomic E-state index is 14.6. The van der Waals surface area contributed by atoms with E-state index in [-0.39, 0.29) is 12.3 Å². The molecule has 2 aromatic carbocycles. The highest BCUT2D eigenvalue weighted by Crippen LogP contribution is 2.34. The van der Waals surface area contributed by atoms with Gasteiger partial charge in [-0.2, -0.15) is 0 Å². The minimum atomic E-state index is -4.18. The number of hydrogen-bond donors (Lipinski definition) is 2. The van der Waals surface area contributed by atoms with Crippen LogP contribution in [0.5, 0.6) is 0 Å². The van der Waals surface area contributed by atoms with Crippen LogP contribution in [0.3, 0.4) is 0 Å². The Morgan fingerprint density at radius 3 is 2.79 bits per heavy atom. The van der Waals surface area contributed by atoms with E-state index in [0.29, 0.717) is 33.4 Å². The summed E-state index contributed by atoms with van der Waals surface area (Å²) in [5.74, 6) is -1.14. The smallest absolute Gasteiger partial charge is 0.264 e. The van der Waals surface area contributed by atoms with E-state index >= 15 is 0 Å². The molecular weight excluding hydrogens is 415 g/mol. The first-order valence-electron chi connectivity index (χ1n) is 8.73. The highest BCUT2D eigenvalue weighted by atomic mass is 32.2. The molecule has 0 aliphatic carbocycles. The second-order valence-corrected chi connectivity index (χ2v) is 9.17. The van der Waals surface area contributed by atoms with Crippen LogP contribution in [0.15, 0.2) is 63.7 Å². The van der Waals surface area contributed by atoms with Gasteiger partial charge in [0.15, 0.2) is 5.16 Å². The summed E-state index contributed by atoms with van der Waals surface area (Å²) in [7, 11) is -2.34. The van der Waals surface area contributed by atoms with Crippen LogP contribution in [-0.2, 0) is 28.3 Å². The second kappa shape index (κ2) is 7.53. The van der Waals surface area contributed by atoms with Crippen LogP contribution in [0, 0.1) is 5.82 Å². The Balaban J connectivity index is 1.67. The molecule has 0 bridgehead atoms. The number of nitrogens with zero attached hydrogens (tertiary/aromatic N) is 2. The highest BCUT2D eigenvalue weighted by Gasteiger charge is 2.25. The van der Waals surface area contributed by atoms with Crippen molar-refractivity contribution in [1.29, 1.82) is 0 Å². The Hall–Kier alpha value is -2.85. The minimum Gasteiger partial charge on any atom is -0.329 e. The van der Waals surface area contributed by atoms with E-state index in [2.05, 4.69) is 15.0 Å². The molecule has 0 saturated carbocycles. The predicted octanol–water partition coefficient (Wildman–Crippen LogP) is 3.40. The van der Waals surface area contributed by atoms with Crippen molar-refractivity contribution in [3.63, 3.8) is 0 Å². The zero-order valence-corrected chi connectivity index (χ0v) is 17.0. The molecule has 2 heterocycles. The normalized spacial score (nSPS) is 13.7. The maximum Gasteiger partial charge on any atom is 0.264 e. The van der Waals surface area contributed by atoms with Crippen molar-refractivity contribution in [2.45, 2.75) is 27.8 Å². The summed E-state index contributed by atoms with van der Waals surface area (Å²) >= 11 is 1.29. The Labute approximate surface area is 171 Å². The van der Waals surface area contributed by atoms with Gasteiger partial charge in [-0.15, -0.1) is 0 Å². The molecule has 1 aromatic heterocycles. The molecule has 2 N–H and O–H groups in total. The molecule has 4 rings (SSSR count). The van der Waals surface area contributed by atoms with Crippen molar-refractivity contribution in [2.24, 2.45) is 7.05 Å². The number of nitrogens with one attached hydrogen (secondary N) is 2. The van der Waals surface area contributed by atoms with Crippen LogP contribution >= 0.6 is 11.8 Å². The fourth-order valence-corrected chi connectivity index (χ4v) is 5.12. The van der Waals surface area contributed by atoms with Crippen LogP contribution in [0.4, 0.5) is 15.8 Å². The van der Waals surface area contributed by atoms with Crippen molar-refractivity contribution in [1.82, 2.24) is 9.55 Å². The van der Waals surface area contributed by atoms with Crippen LogP contribution in [-0.4, -0.2) is 23.9 Å². The fourth-order valence-electron chi connectivity index (χ4n) is 2.97. The van der Waals surface area contributed by atoms with Gasteiger partial charge in [0.05, 0.1) is 5.69 Å². The molecule has 3 aromatic rings. The molecule has 1 aliphatic heterocycles. The lowest BCUT2D eigenvalue weighted by Gasteiger charge is -2.19. The third kappa shape index (κ3) is 3.99. The quantitative estimate of drug-likeness (QED) is 0.645. The molecule has 7 nitrogen and oxygen atoms in total. The van der Waals surface area contributed by atoms with Crippen LogP contribution in [0.1, 0.15) is 12.0 Å². The summed E-state index contributed by atoms with van der Waals surface area (Å²) in [6.07, 6.45) is 4.02. The van der Waals surface area contributed by atoms with E-state index in [9.17, 15) is 17.6 Å². The van der Waals surface area contributed by atoms with Gasteiger partial charge in [0.1, 0.15) is 10.7 Å². The van der Waals surface area contributed by atoms with Crippen molar-refractivity contribution >= 4 is 39.1 Å². The Kier molecular flexibility index (Phi) is 5.05. The van der Waals surface area contributed by atoms with Gasteiger partial charge in [-0.3, -0.25) is 9.52 Å². The van der Waals surface area contributed by atoms with Gasteiger partial charge in [0, 0.05) is 36.4 Å². The lowest BCUT2D eigenvalue weighted by atomic mass is 10.0. The number of anilines is 2. The summed E-state index contributed by atoms with van der Waals surface area (Å²) in [6.45, 7) is 0. The SMILES string of the molecule is Cn1ccnc1Sc1ccccc1NS(=O)(=O)c1cc2c(cc1F)NC(=O)CC2. The van der Waals surface area contributed by atoms with E-state index in [1.165, 1.54) is 17.8 Å². The summed E-state index contributed by atoms with van der Waals surface area (Å²) in [6, 6.07) is 9.18. The number of carbonyl (C=O) groups excluding carboxylic acids is 1. The van der Waals surface area contributed by atoms with E-state index in [0.717, 1.165) is 6.07 Å². The Morgan fingerprint density at radius 1 is 1.24 bits per heavy atom. The van der Waals surface area contributed by atoms with Crippen molar-refractivity contribution < 1.29 is 17.6 Å². The van der Waals surface area contributed by atoms with Crippen molar-refractivity contribution in [2.75, 3.05) is 10.0 Å². The van der Waals surface area contributed by atoms with E-state index < -0.39 is 20.7 Å². The molecule has 0 atom stereocenters. The number of amides is 1. The molecular formula is C19H17FN4O3S2. The van der Waals surface area contributed by atoms with Crippen LogP contribution in [0.2, 0.25) is 0 Å². The summed E-state index contributed by atoms with van der Waals surface area (Å²) < 4.78 is 44.7. The third-order valence-electron chi connectivity index (χ3n) is 4.45. The van der Waals surface area contributed by atoms with Gasteiger partial charge in [0.2, 0.25) is 5.91 Å². The predicted molar refractivity (Wildman–Crippen MR) is 108 cm³/mol. The lowest BCUT2D eigenvalue weighted by molar-refractivity contribution is -0.116. The van der Waals surface area contributed by atoms with Gasteiger partial charge in [-0.1, -0.05) is 12.1 Å². The summed E-state index contributed by atoms with van der Waals surface area (Å²) in [5, 5.41) is 3.25. The molecule has 0 unspecified atom stereocenters. The molecule has 0 saturated heterocycles. The summed E-state index contributed by atoms with van der Waals surface area (Å²) in [4.78, 5) is 15.9. The monoisotopic (exact) mass is 432 g/mol. The molecule has 0 fully saturated rings. The van der Waals surface area contributed by atoms with E-state index in [4.69, 9.17) is 0 Å². The number of aryl methyl sites for hydroxylation is 2. The average Bonchev–Trinajstić information content (AvgIpc) is 3.07. The van der Waals surface area contributed by atoms with Gasteiger partial charge in [0.25, 0.3) is 10.0 Å². The van der Waals surface area contributed by atoms with Gasteiger partial charge in [-0.25, -0.2) is 17.8 Å². The molecule has 150 valence electrons. The first-order valence-corrected chi connectivity index (χ1v) is 11.0. The Morgan fingerprint density at radius 2 is 2.03 bits per heavy atom. The highest BCUT2D eigenvalue weighted by molar-refractivity contribution is 7.99. The zero-order chi connectivity index (χ0) is 20.6. The number of imidazole rings is 1. The number of aromatic nitrogens is 2. The lowest BCUT2D eigenvalue weighted by Crippen LogP contribution is -2.21. The van der Waals surface area contributed by atoms with Crippen molar-refractivity contribution in [3.05, 3.63) is 60.2 Å². The average molecular weight is 433 g/mol. The van der Waals surface area contributed by atoms with Crippen molar-refractivity contribution in [3.8, 4) is 0 Å². The second-order valence-electron chi connectivity index (χ2n) is 6.51.